The normalized spacial score (nSPS) is 11.2. The fourth-order valence-corrected chi connectivity index (χ4v) is 3.23. The third kappa shape index (κ3) is 4.19. The van der Waals surface area contributed by atoms with Crippen LogP contribution in [0, 0.1) is 21.4 Å². The van der Waals surface area contributed by atoms with Crippen LogP contribution in [0.1, 0.15) is 5.56 Å². The second-order valence-corrected chi connectivity index (χ2v) is 7.13. The molecule has 1 aromatic heterocycles. The van der Waals surface area contributed by atoms with Crippen molar-refractivity contribution in [3.8, 4) is 17.4 Å². The van der Waals surface area contributed by atoms with E-state index in [0.717, 1.165) is 5.56 Å². The van der Waals surface area contributed by atoms with Crippen LogP contribution in [-0.4, -0.2) is 16.0 Å². The van der Waals surface area contributed by atoms with Crippen molar-refractivity contribution in [1.29, 1.82) is 5.26 Å². The van der Waals surface area contributed by atoms with E-state index in [1.54, 1.807) is 48.5 Å². The third-order valence-electron chi connectivity index (χ3n) is 4.63. The highest BCUT2D eigenvalue weighted by Gasteiger charge is 2.18. The molecule has 4 rings (SSSR count). The zero-order valence-corrected chi connectivity index (χ0v) is 17.0. The summed E-state index contributed by atoms with van der Waals surface area (Å²) in [4.78, 5) is 23.1. The molecule has 0 spiro atoms. The first kappa shape index (κ1) is 20.8. The number of halogens is 1. The van der Waals surface area contributed by atoms with E-state index in [2.05, 4.69) is 10.5 Å². The lowest BCUT2D eigenvalue weighted by Crippen LogP contribution is -2.14. The van der Waals surface area contributed by atoms with Crippen molar-refractivity contribution in [3.63, 3.8) is 0 Å². The molecule has 0 saturated carbocycles. The van der Waals surface area contributed by atoms with Gasteiger partial charge in [0.05, 0.1) is 10.3 Å². The van der Waals surface area contributed by atoms with Gasteiger partial charge in [0.2, 0.25) is 0 Å². The van der Waals surface area contributed by atoms with Gasteiger partial charge in [-0.15, -0.1) is 0 Å². The molecule has 0 unspecified atom stereocenters. The number of amides is 1. The smallest absolute Gasteiger partial charge is 0.292 e. The van der Waals surface area contributed by atoms with Gasteiger partial charge in [-0.05, 0) is 54.1 Å². The molecule has 0 aliphatic rings. The zero-order chi connectivity index (χ0) is 22.7. The second kappa shape index (κ2) is 8.71. The Morgan fingerprint density at radius 1 is 1.16 bits per heavy atom. The molecule has 0 saturated heterocycles. The predicted octanol–water partition coefficient (Wildman–Crippen LogP) is 5.60. The van der Waals surface area contributed by atoms with Gasteiger partial charge >= 0.3 is 0 Å². The summed E-state index contributed by atoms with van der Waals surface area (Å²) in [6, 6.07) is 19.7. The number of nitro groups is 1. The maximum Gasteiger partial charge on any atom is 0.292 e. The Kier molecular flexibility index (Phi) is 5.66. The number of carbonyl (C=O) groups is 1. The Hall–Kier alpha value is -4.48. The van der Waals surface area contributed by atoms with E-state index in [1.165, 1.54) is 24.3 Å². The van der Waals surface area contributed by atoms with E-state index in [1.807, 2.05) is 6.07 Å². The number of hydrogen-bond acceptors (Lipinski definition) is 6. The number of anilines is 1. The van der Waals surface area contributed by atoms with E-state index in [0.29, 0.717) is 27.2 Å². The highest BCUT2D eigenvalue weighted by Crippen LogP contribution is 2.31. The van der Waals surface area contributed by atoms with Gasteiger partial charge in [0.25, 0.3) is 11.6 Å². The van der Waals surface area contributed by atoms with E-state index < -0.39 is 10.8 Å². The number of benzene rings is 3. The van der Waals surface area contributed by atoms with Crippen molar-refractivity contribution < 1.29 is 14.2 Å². The molecule has 8 nitrogen and oxygen atoms in total. The van der Waals surface area contributed by atoms with Gasteiger partial charge in [-0.3, -0.25) is 14.9 Å². The van der Waals surface area contributed by atoms with E-state index in [-0.39, 0.29) is 16.9 Å². The van der Waals surface area contributed by atoms with E-state index in [4.69, 9.17) is 16.1 Å². The molecule has 4 aromatic rings. The van der Waals surface area contributed by atoms with Gasteiger partial charge in [-0.2, -0.15) is 5.26 Å². The van der Waals surface area contributed by atoms with Crippen molar-refractivity contribution in [2.75, 3.05) is 5.32 Å². The minimum atomic E-state index is -0.759. The Morgan fingerprint density at radius 2 is 1.91 bits per heavy atom. The number of carbonyl (C=O) groups excluding carboxylic acids is 1. The van der Waals surface area contributed by atoms with Crippen molar-refractivity contribution in [2.24, 2.45) is 0 Å². The third-order valence-corrected chi connectivity index (χ3v) is 4.88. The summed E-state index contributed by atoms with van der Waals surface area (Å²) in [6.07, 6.45) is 1.39. The first-order valence-electron chi connectivity index (χ1n) is 9.28. The first-order chi connectivity index (χ1) is 15.5. The van der Waals surface area contributed by atoms with Gasteiger partial charge < -0.3 is 9.84 Å². The molecule has 0 aliphatic heterocycles. The van der Waals surface area contributed by atoms with E-state index >= 15 is 0 Å². The SMILES string of the molecule is N#C/C(=C\c1ccc2noc(-c3ccc(Cl)cc3)c2c1)C(=O)Nc1ccccc1[N+](=O)[O-]. The first-order valence-corrected chi connectivity index (χ1v) is 9.66. The number of aromatic nitrogens is 1. The molecule has 0 aliphatic carbocycles. The molecule has 0 fully saturated rings. The van der Waals surface area contributed by atoms with Crippen LogP contribution in [0.3, 0.4) is 0 Å². The number of para-hydroxylation sites is 2. The molecule has 1 amide bonds. The van der Waals surface area contributed by atoms with Gasteiger partial charge in [0.1, 0.15) is 22.8 Å². The molecule has 0 bridgehead atoms. The molecule has 0 atom stereocenters. The molecule has 0 radical (unpaired) electrons. The Morgan fingerprint density at radius 3 is 2.62 bits per heavy atom. The van der Waals surface area contributed by atoms with Crippen molar-refractivity contribution >= 4 is 45.9 Å². The van der Waals surface area contributed by atoms with Crippen LogP contribution in [0.5, 0.6) is 0 Å². The zero-order valence-electron chi connectivity index (χ0n) is 16.3. The van der Waals surface area contributed by atoms with Gasteiger partial charge in [-0.1, -0.05) is 35.0 Å². The Labute approximate surface area is 186 Å². The molecular formula is C23H13ClN4O4. The minimum absolute atomic E-state index is 0.00293. The molecule has 3 aromatic carbocycles. The quantitative estimate of drug-likeness (QED) is 0.185. The lowest BCUT2D eigenvalue weighted by atomic mass is 10.0. The van der Waals surface area contributed by atoms with Crippen LogP contribution in [0.25, 0.3) is 28.3 Å². The number of nitrogens with one attached hydrogen (secondary N) is 1. The summed E-state index contributed by atoms with van der Waals surface area (Å²) in [7, 11) is 0. The Bertz CT molecular complexity index is 1420. The Balaban J connectivity index is 1.67. The van der Waals surface area contributed by atoms with Gasteiger partial charge in [0, 0.05) is 16.7 Å². The van der Waals surface area contributed by atoms with Crippen LogP contribution in [0.15, 0.2) is 76.8 Å². The lowest BCUT2D eigenvalue weighted by Gasteiger charge is -2.05. The number of rotatable bonds is 5. The molecule has 1 N–H and O–H groups in total. The number of fused-ring (bicyclic) bond motifs is 1. The number of nitriles is 1. The topological polar surface area (TPSA) is 122 Å². The van der Waals surface area contributed by atoms with Crippen LogP contribution >= 0.6 is 11.6 Å². The maximum absolute atomic E-state index is 12.6. The number of nitro benzene ring substituents is 1. The van der Waals surface area contributed by atoms with Gasteiger partial charge in [-0.25, -0.2) is 0 Å². The highest BCUT2D eigenvalue weighted by atomic mass is 35.5. The second-order valence-electron chi connectivity index (χ2n) is 6.69. The van der Waals surface area contributed by atoms with Crippen LogP contribution in [-0.2, 0) is 4.79 Å². The summed E-state index contributed by atoms with van der Waals surface area (Å²) in [5.74, 6) is -0.236. The highest BCUT2D eigenvalue weighted by molar-refractivity contribution is 6.30. The molecule has 9 heteroatoms. The van der Waals surface area contributed by atoms with Crippen molar-refractivity contribution in [2.45, 2.75) is 0 Å². The molecular weight excluding hydrogens is 432 g/mol. The van der Waals surface area contributed by atoms with Crippen LogP contribution in [0.4, 0.5) is 11.4 Å². The molecule has 32 heavy (non-hydrogen) atoms. The fourth-order valence-electron chi connectivity index (χ4n) is 3.10. The predicted molar refractivity (Wildman–Crippen MR) is 120 cm³/mol. The largest absolute Gasteiger partial charge is 0.355 e. The summed E-state index contributed by atoms with van der Waals surface area (Å²) in [5, 5.41) is 28.4. The average Bonchev–Trinajstić information content (AvgIpc) is 3.21. The lowest BCUT2D eigenvalue weighted by molar-refractivity contribution is -0.383. The average molecular weight is 445 g/mol. The number of hydrogen-bond donors (Lipinski definition) is 1. The van der Waals surface area contributed by atoms with Gasteiger partial charge in [0.15, 0.2) is 5.76 Å². The summed E-state index contributed by atoms with van der Waals surface area (Å²) in [6.45, 7) is 0. The summed E-state index contributed by atoms with van der Waals surface area (Å²) >= 11 is 5.94. The van der Waals surface area contributed by atoms with Crippen LogP contribution in [0.2, 0.25) is 5.02 Å². The maximum atomic E-state index is 12.6. The summed E-state index contributed by atoms with van der Waals surface area (Å²) in [5.41, 5.74) is 1.46. The molecule has 156 valence electrons. The van der Waals surface area contributed by atoms with E-state index in [9.17, 15) is 20.2 Å². The summed E-state index contributed by atoms with van der Waals surface area (Å²) < 4.78 is 5.47. The van der Waals surface area contributed by atoms with Crippen molar-refractivity contribution in [3.05, 3.63) is 93.0 Å². The molecule has 1 heterocycles. The fraction of sp³-hybridized carbons (Fsp3) is 0. The monoisotopic (exact) mass is 444 g/mol. The van der Waals surface area contributed by atoms with Crippen molar-refractivity contribution in [1.82, 2.24) is 5.16 Å². The number of nitrogens with zero attached hydrogens (tertiary/aromatic N) is 3. The minimum Gasteiger partial charge on any atom is -0.355 e. The van der Waals surface area contributed by atoms with Crippen LogP contribution < -0.4 is 5.32 Å². The standard InChI is InChI=1S/C23H13ClN4O4/c24-17-8-6-15(7-9-17)22-18-12-14(5-10-19(18)27-32-22)11-16(13-25)23(29)26-20-3-1-2-4-21(20)28(30)31/h1-12H,(H,26,29)/b16-11+.